The van der Waals surface area contributed by atoms with E-state index in [4.69, 9.17) is 9.47 Å². The molecule has 10 heteroatoms. The first-order chi connectivity index (χ1) is 18.2. The van der Waals surface area contributed by atoms with Crippen molar-refractivity contribution in [1.82, 2.24) is 19.5 Å². The van der Waals surface area contributed by atoms with Crippen molar-refractivity contribution in [2.75, 3.05) is 14.2 Å². The Morgan fingerprint density at radius 2 is 1.61 bits per heavy atom. The zero-order valence-electron chi connectivity index (χ0n) is 22.2. The van der Waals surface area contributed by atoms with Crippen molar-refractivity contribution >= 4 is 35.1 Å². The van der Waals surface area contributed by atoms with Crippen molar-refractivity contribution in [3.05, 3.63) is 81.9 Å². The number of amides is 1. The van der Waals surface area contributed by atoms with E-state index in [2.05, 4.69) is 20.1 Å². The lowest BCUT2D eigenvalue weighted by molar-refractivity contribution is 0.0598. The fraction of sp³-hybridized carbons (Fsp3) is 0.250. The van der Waals surface area contributed by atoms with Gasteiger partial charge in [0.1, 0.15) is 5.82 Å². The van der Waals surface area contributed by atoms with E-state index in [1.807, 2.05) is 44.4 Å². The zero-order chi connectivity index (χ0) is 27.6. The lowest BCUT2D eigenvalue weighted by atomic mass is 10.1. The van der Waals surface area contributed by atoms with Gasteiger partial charge in [-0.3, -0.25) is 4.79 Å². The third-order valence-electron chi connectivity index (χ3n) is 6.38. The lowest BCUT2D eigenvalue weighted by Crippen LogP contribution is -2.17. The first kappa shape index (κ1) is 26.3. The molecule has 38 heavy (non-hydrogen) atoms. The molecule has 2 aromatic carbocycles. The van der Waals surface area contributed by atoms with Crippen LogP contribution in [-0.2, 0) is 16.0 Å². The zero-order valence-corrected chi connectivity index (χ0v) is 22.2. The van der Waals surface area contributed by atoms with Gasteiger partial charge in [-0.05, 0) is 70.2 Å². The number of hydrazone groups is 1. The average Bonchev–Trinajstić information content (AvgIpc) is 3.39. The number of esters is 2. The number of methoxy groups -OCH3 is 2. The maximum atomic E-state index is 12.7. The van der Waals surface area contributed by atoms with E-state index in [0.29, 0.717) is 11.3 Å². The van der Waals surface area contributed by atoms with E-state index in [1.165, 1.54) is 20.3 Å². The van der Waals surface area contributed by atoms with Gasteiger partial charge in [0.25, 0.3) is 5.91 Å². The maximum absolute atomic E-state index is 12.7. The molecule has 0 bridgehead atoms. The van der Waals surface area contributed by atoms with Crippen molar-refractivity contribution in [2.24, 2.45) is 5.10 Å². The largest absolute Gasteiger partial charge is 0.465 e. The summed E-state index contributed by atoms with van der Waals surface area (Å²) in [6.45, 7) is 8.55. The molecule has 0 radical (unpaired) electrons. The van der Waals surface area contributed by atoms with Crippen LogP contribution in [0, 0.1) is 20.8 Å². The highest BCUT2D eigenvalue weighted by Crippen LogP contribution is 2.23. The molecule has 4 rings (SSSR count). The first-order valence-corrected chi connectivity index (χ1v) is 12.0. The minimum absolute atomic E-state index is 0.219. The van der Waals surface area contributed by atoms with Crippen LogP contribution in [0.15, 0.2) is 47.6 Å². The summed E-state index contributed by atoms with van der Waals surface area (Å²) in [7, 11) is 2.55. The fourth-order valence-electron chi connectivity index (χ4n) is 4.54. The van der Waals surface area contributed by atoms with Crippen LogP contribution in [0.3, 0.4) is 0 Å². The lowest BCUT2D eigenvalue weighted by Gasteiger charge is -2.13. The van der Waals surface area contributed by atoms with Gasteiger partial charge in [0.2, 0.25) is 0 Å². The predicted molar refractivity (Wildman–Crippen MR) is 143 cm³/mol. The molecule has 4 aromatic rings. The number of nitrogens with one attached hydrogen (secondary N) is 1. The molecular formula is C28H29N5O5. The number of carbonyl (C=O) groups excluding carboxylic acids is 3. The number of benzene rings is 2. The smallest absolute Gasteiger partial charge is 0.337 e. The number of fused-ring (bicyclic) bond motifs is 1. The molecule has 0 atom stereocenters. The average molecular weight is 516 g/mol. The molecule has 2 aromatic heterocycles. The summed E-state index contributed by atoms with van der Waals surface area (Å²) < 4.78 is 13.6. The second-order valence-corrected chi connectivity index (χ2v) is 8.72. The highest BCUT2D eigenvalue weighted by Gasteiger charge is 2.17. The van der Waals surface area contributed by atoms with Crippen LogP contribution in [0.4, 0.5) is 0 Å². The standard InChI is InChI=1S/C28H29N5O5/c1-7-32-18(4)30-24-14-19(8-9-25(24)32)26(34)31-29-15-22-10-16(2)33(17(22)3)23-12-20(27(35)37-5)11-21(13-23)28(36)38-6/h8-15H,7H2,1-6H3,(H,31,34)/b29-15-. The van der Waals surface area contributed by atoms with Crippen LogP contribution < -0.4 is 5.43 Å². The second kappa shape index (κ2) is 10.7. The quantitative estimate of drug-likeness (QED) is 0.225. The Kier molecular flexibility index (Phi) is 7.43. The van der Waals surface area contributed by atoms with Gasteiger partial charge in [-0.1, -0.05) is 0 Å². The van der Waals surface area contributed by atoms with Crippen LogP contribution in [0.2, 0.25) is 0 Å². The summed E-state index contributed by atoms with van der Waals surface area (Å²) >= 11 is 0. The summed E-state index contributed by atoms with van der Waals surface area (Å²) in [5.74, 6) is -0.601. The maximum Gasteiger partial charge on any atom is 0.337 e. The van der Waals surface area contributed by atoms with Crippen molar-refractivity contribution in [3.8, 4) is 5.69 Å². The Balaban J connectivity index is 1.60. The number of hydrogen-bond acceptors (Lipinski definition) is 7. The van der Waals surface area contributed by atoms with Gasteiger partial charge >= 0.3 is 11.9 Å². The Labute approximate surface area is 219 Å². The second-order valence-electron chi connectivity index (χ2n) is 8.72. The van der Waals surface area contributed by atoms with Gasteiger partial charge in [-0.15, -0.1) is 0 Å². The molecule has 0 fully saturated rings. The number of rotatable bonds is 7. The molecule has 1 amide bonds. The topological polar surface area (TPSA) is 117 Å². The van der Waals surface area contributed by atoms with E-state index in [0.717, 1.165) is 40.4 Å². The molecular weight excluding hydrogens is 486 g/mol. The molecule has 0 saturated carbocycles. The Morgan fingerprint density at radius 1 is 0.947 bits per heavy atom. The number of ether oxygens (including phenoxy) is 2. The van der Waals surface area contributed by atoms with Gasteiger partial charge in [-0.2, -0.15) is 5.10 Å². The van der Waals surface area contributed by atoms with Crippen molar-refractivity contribution in [1.29, 1.82) is 0 Å². The SMILES string of the molecule is CCn1c(C)nc2cc(C(=O)N/N=C\c3cc(C)n(-c4cc(C(=O)OC)cc(C(=O)OC)c4)c3C)ccc21. The van der Waals surface area contributed by atoms with E-state index in [-0.39, 0.29) is 17.0 Å². The number of carbonyl (C=O) groups is 3. The van der Waals surface area contributed by atoms with Crippen LogP contribution in [0.25, 0.3) is 16.7 Å². The number of nitrogens with zero attached hydrogens (tertiary/aromatic N) is 4. The highest BCUT2D eigenvalue weighted by atomic mass is 16.5. The van der Waals surface area contributed by atoms with Crippen LogP contribution >= 0.6 is 0 Å². The minimum Gasteiger partial charge on any atom is -0.465 e. The van der Waals surface area contributed by atoms with Gasteiger partial charge in [0.15, 0.2) is 0 Å². The molecule has 1 N–H and O–H groups in total. The third kappa shape index (κ3) is 4.93. The van der Waals surface area contributed by atoms with Crippen LogP contribution in [0.1, 0.15) is 60.8 Å². The number of aromatic nitrogens is 3. The van der Waals surface area contributed by atoms with Crippen LogP contribution in [0.5, 0.6) is 0 Å². The summed E-state index contributed by atoms with van der Waals surface area (Å²) in [4.78, 5) is 41.7. The number of hydrogen-bond donors (Lipinski definition) is 1. The molecule has 0 aliphatic carbocycles. The summed E-state index contributed by atoms with van der Waals surface area (Å²) in [5, 5.41) is 4.15. The molecule has 0 unspecified atom stereocenters. The third-order valence-corrected chi connectivity index (χ3v) is 6.38. The Hall–Kier alpha value is -4.73. The molecule has 0 aliphatic rings. The van der Waals surface area contributed by atoms with Crippen LogP contribution in [-0.4, -0.2) is 52.4 Å². The number of aryl methyl sites for hydroxylation is 3. The normalized spacial score (nSPS) is 11.2. The van der Waals surface area contributed by atoms with Crippen molar-refractivity contribution in [2.45, 2.75) is 34.2 Å². The van der Waals surface area contributed by atoms with E-state index < -0.39 is 11.9 Å². The summed E-state index contributed by atoms with van der Waals surface area (Å²) in [6.07, 6.45) is 1.55. The van der Waals surface area contributed by atoms with E-state index in [1.54, 1.807) is 30.5 Å². The summed E-state index contributed by atoms with van der Waals surface area (Å²) in [5.41, 5.74) is 8.15. The molecule has 2 heterocycles. The highest BCUT2D eigenvalue weighted by molar-refractivity contribution is 5.98. The van der Waals surface area contributed by atoms with Gasteiger partial charge < -0.3 is 18.6 Å². The van der Waals surface area contributed by atoms with Crippen molar-refractivity contribution in [3.63, 3.8) is 0 Å². The van der Waals surface area contributed by atoms with E-state index in [9.17, 15) is 14.4 Å². The predicted octanol–water partition coefficient (Wildman–Crippen LogP) is 4.11. The minimum atomic E-state index is -0.571. The number of imidazole rings is 1. The van der Waals surface area contributed by atoms with Gasteiger partial charge in [0.05, 0.1) is 42.6 Å². The summed E-state index contributed by atoms with van der Waals surface area (Å²) in [6, 6.07) is 12.0. The molecule has 196 valence electrons. The van der Waals surface area contributed by atoms with Gasteiger partial charge in [-0.25, -0.2) is 20.0 Å². The Morgan fingerprint density at radius 3 is 2.21 bits per heavy atom. The molecule has 0 aliphatic heterocycles. The van der Waals surface area contributed by atoms with E-state index >= 15 is 0 Å². The molecule has 0 spiro atoms. The van der Waals surface area contributed by atoms with Gasteiger partial charge in [0, 0.05) is 34.7 Å². The van der Waals surface area contributed by atoms with Crippen molar-refractivity contribution < 1.29 is 23.9 Å². The first-order valence-electron chi connectivity index (χ1n) is 12.0. The monoisotopic (exact) mass is 515 g/mol. The molecule has 10 nitrogen and oxygen atoms in total. The Bertz CT molecular complexity index is 1560. The molecule has 0 saturated heterocycles. The fourth-order valence-corrected chi connectivity index (χ4v) is 4.54.